The van der Waals surface area contributed by atoms with Crippen LogP contribution in [-0.2, 0) is 4.74 Å². The number of rotatable bonds is 5. The Kier molecular flexibility index (Phi) is 3.72. The Hall–Kier alpha value is -0.0800. The molecule has 1 atom stereocenters. The van der Waals surface area contributed by atoms with Crippen molar-refractivity contribution in [3.05, 3.63) is 0 Å². The molecule has 98 valence electrons. The van der Waals surface area contributed by atoms with Crippen molar-refractivity contribution in [2.45, 2.75) is 63.9 Å². The molecule has 3 rings (SSSR count). The highest BCUT2D eigenvalue weighted by atomic mass is 16.5. The summed E-state index contributed by atoms with van der Waals surface area (Å²) in [6, 6.07) is 0. The molecule has 0 radical (unpaired) electrons. The van der Waals surface area contributed by atoms with Crippen LogP contribution in [-0.4, -0.2) is 25.8 Å². The molecule has 0 aromatic carbocycles. The molecule has 3 fully saturated rings. The highest BCUT2D eigenvalue weighted by Crippen LogP contribution is 2.46. The summed E-state index contributed by atoms with van der Waals surface area (Å²) in [5.74, 6) is 1.04. The summed E-state index contributed by atoms with van der Waals surface area (Å²) in [5, 5.41) is 3.53. The summed E-state index contributed by atoms with van der Waals surface area (Å²) in [5.41, 5.74) is 0.690. The van der Waals surface area contributed by atoms with Crippen molar-refractivity contribution in [2.75, 3.05) is 19.7 Å². The topological polar surface area (TPSA) is 21.3 Å². The lowest BCUT2D eigenvalue weighted by Crippen LogP contribution is -2.57. The smallest absolute Gasteiger partial charge is 0.0576 e. The van der Waals surface area contributed by atoms with E-state index in [4.69, 9.17) is 4.74 Å². The average molecular weight is 237 g/mol. The molecule has 0 spiro atoms. The molecule has 3 aliphatic rings. The summed E-state index contributed by atoms with van der Waals surface area (Å²) in [6.45, 7) is 3.60. The Bertz CT molecular complexity index is 237. The molecular weight excluding hydrogens is 210 g/mol. The Morgan fingerprint density at radius 2 is 1.88 bits per heavy atom. The Balaban J connectivity index is 1.44. The molecule has 2 saturated heterocycles. The van der Waals surface area contributed by atoms with Crippen molar-refractivity contribution < 1.29 is 4.74 Å². The van der Waals surface area contributed by atoms with E-state index in [1.807, 2.05) is 0 Å². The maximum absolute atomic E-state index is 5.73. The fourth-order valence-electron chi connectivity index (χ4n) is 4.21. The third-order valence-electron chi connectivity index (χ3n) is 5.40. The molecular formula is C15H27NO. The lowest BCUT2D eigenvalue weighted by Gasteiger charge is -2.48. The SMILES string of the molecule is C1COC(CCCC2(C3CCCC3)CNC2)C1. The third-order valence-corrected chi connectivity index (χ3v) is 5.40. The standard InChI is InChI=1S/C15H27NO/c1-2-6-13(5-1)15(11-16-12-15)9-3-7-14-8-4-10-17-14/h13-14,16H,1-12H2. The number of nitrogens with one attached hydrogen (secondary N) is 1. The van der Waals surface area contributed by atoms with Crippen LogP contribution in [0.3, 0.4) is 0 Å². The second-order valence-electron chi connectivity index (χ2n) is 6.47. The number of hydrogen-bond donors (Lipinski definition) is 1. The molecule has 2 aliphatic heterocycles. The van der Waals surface area contributed by atoms with Crippen molar-refractivity contribution in [2.24, 2.45) is 11.3 Å². The van der Waals surface area contributed by atoms with Crippen molar-refractivity contribution in [3.63, 3.8) is 0 Å². The predicted molar refractivity (Wildman–Crippen MR) is 70.1 cm³/mol. The monoisotopic (exact) mass is 237 g/mol. The van der Waals surface area contributed by atoms with Gasteiger partial charge in [0.2, 0.25) is 0 Å². The maximum Gasteiger partial charge on any atom is 0.0576 e. The average Bonchev–Trinajstić information content (AvgIpc) is 2.94. The maximum atomic E-state index is 5.73. The zero-order valence-electron chi connectivity index (χ0n) is 11.0. The van der Waals surface area contributed by atoms with Crippen molar-refractivity contribution in [3.8, 4) is 0 Å². The van der Waals surface area contributed by atoms with Crippen LogP contribution in [0.1, 0.15) is 57.8 Å². The van der Waals surface area contributed by atoms with Gasteiger partial charge in [-0.3, -0.25) is 0 Å². The molecule has 1 unspecified atom stereocenters. The van der Waals surface area contributed by atoms with Crippen LogP contribution in [0, 0.1) is 11.3 Å². The van der Waals surface area contributed by atoms with Gasteiger partial charge in [0.1, 0.15) is 0 Å². The first-order valence-corrected chi connectivity index (χ1v) is 7.71. The van der Waals surface area contributed by atoms with Crippen LogP contribution in [0.4, 0.5) is 0 Å². The van der Waals surface area contributed by atoms with Crippen molar-refractivity contribution >= 4 is 0 Å². The zero-order valence-corrected chi connectivity index (χ0v) is 11.0. The molecule has 17 heavy (non-hydrogen) atoms. The Morgan fingerprint density at radius 1 is 1.06 bits per heavy atom. The second-order valence-corrected chi connectivity index (χ2v) is 6.47. The van der Waals surface area contributed by atoms with E-state index in [9.17, 15) is 0 Å². The van der Waals surface area contributed by atoms with Gasteiger partial charge in [0.25, 0.3) is 0 Å². The normalized spacial score (nSPS) is 32.8. The van der Waals surface area contributed by atoms with Crippen LogP contribution >= 0.6 is 0 Å². The van der Waals surface area contributed by atoms with Crippen LogP contribution in [0.5, 0.6) is 0 Å². The van der Waals surface area contributed by atoms with E-state index >= 15 is 0 Å². The minimum absolute atomic E-state index is 0.601. The van der Waals surface area contributed by atoms with Gasteiger partial charge in [-0.15, -0.1) is 0 Å². The lowest BCUT2D eigenvalue weighted by atomic mass is 9.66. The van der Waals surface area contributed by atoms with Gasteiger partial charge in [0, 0.05) is 19.7 Å². The van der Waals surface area contributed by atoms with Crippen LogP contribution < -0.4 is 5.32 Å². The minimum Gasteiger partial charge on any atom is -0.378 e. The quantitative estimate of drug-likeness (QED) is 0.793. The van der Waals surface area contributed by atoms with E-state index in [1.54, 1.807) is 0 Å². The van der Waals surface area contributed by atoms with E-state index < -0.39 is 0 Å². The Labute approximate surface area is 105 Å². The molecule has 1 saturated carbocycles. The summed E-state index contributed by atoms with van der Waals surface area (Å²) in [6.07, 6.45) is 13.3. The highest BCUT2D eigenvalue weighted by molar-refractivity contribution is 4.98. The summed E-state index contributed by atoms with van der Waals surface area (Å²) < 4.78 is 5.73. The summed E-state index contributed by atoms with van der Waals surface area (Å²) >= 11 is 0. The van der Waals surface area contributed by atoms with Gasteiger partial charge in [0.15, 0.2) is 0 Å². The molecule has 1 aliphatic carbocycles. The van der Waals surface area contributed by atoms with Gasteiger partial charge in [0.05, 0.1) is 6.10 Å². The molecule has 0 aromatic heterocycles. The van der Waals surface area contributed by atoms with Crippen molar-refractivity contribution in [1.82, 2.24) is 5.32 Å². The van der Waals surface area contributed by atoms with Gasteiger partial charge < -0.3 is 10.1 Å². The molecule has 2 heteroatoms. The fourth-order valence-corrected chi connectivity index (χ4v) is 4.21. The van der Waals surface area contributed by atoms with Gasteiger partial charge in [-0.05, 0) is 49.9 Å². The molecule has 1 N–H and O–H groups in total. The van der Waals surface area contributed by atoms with E-state index in [-0.39, 0.29) is 0 Å². The molecule has 0 bridgehead atoms. The van der Waals surface area contributed by atoms with Crippen LogP contribution in [0.2, 0.25) is 0 Å². The minimum atomic E-state index is 0.601. The first-order valence-electron chi connectivity index (χ1n) is 7.71. The van der Waals surface area contributed by atoms with Crippen molar-refractivity contribution in [1.29, 1.82) is 0 Å². The highest BCUT2D eigenvalue weighted by Gasteiger charge is 2.44. The first-order chi connectivity index (χ1) is 8.39. The third kappa shape index (κ3) is 2.53. The Morgan fingerprint density at radius 3 is 2.47 bits per heavy atom. The second kappa shape index (κ2) is 5.27. The first kappa shape index (κ1) is 12.0. The number of hydrogen-bond acceptors (Lipinski definition) is 2. The zero-order chi connectivity index (χ0) is 11.6. The molecule has 2 nitrogen and oxygen atoms in total. The summed E-state index contributed by atoms with van der Waals surface area (Å²) in [4.78, 5) is 0. The van der Waals surface area contributed by atoms with Gasteiger partial charge in [-0.1, -0.05) is 19.3 Å². The molecule has 0 aromatic rings. The van der Waals surface area contributed by atoms with E-state index in [0.29, 0.717) is 11.5 Å². The largest absolute Gasteiger partial charge is 0.378 e. The van der Waals surface area contributed by atoms with Crippen LogP contribution in [0.25, 0.3) is 0 Å². The van der Waals surface area contributed by atoms with E-state index in [1.165, 1.54) is 70.9 Å². The fraction of sp³-hybridized carbons (Fsp3) is 1.00. The summed E-state index contributed by atoms with van der Waals surface area (Å²) in [7, 11) is 0. The van der Waals surface area contributed by atoms with E-state index in [0.717, 1.165) is 12.5 Å². The lowest BCUT2D eigenvalue weighted by molar-refractivity contribution is 0.0541. The van der Waals surface area contributed by atoms with E-state index in [2.05, 4.69) is 5.32 Å². The molecule has 0 amide bonds. The van der Waals surface area contributed by atoms with Gasteiger partial charge in [-0.25, -0.2) is 0 Å². The van der Waals surface area contributed by atoms with Gasteiger partial charge >= 0.3 is 0 Å². The predicted octanol–water partition coefficient (Wildman–Crippen LogP) is 3.12. The number of ether oxygens (including phenoxy) is 1. The molecule has 2 heterocycles. The van der Waals surface area contributed by atoms with Gasteiger partial charge in [-0.2, -0.15) is 0 Å². The van der Waals surface area contributed by atoms with Crippen LogP contribution in [0.15, 0.2) is 0 Å².